The molecule has 1 aromatic carbocycles. The monoisotopic (exact) mass is 545 g/mol. The third-order valence-electron chi connectivity index (χ3n) is 7.11. The zero-order chi connectivity index (χ0) is 25.2. The minimum atomic E-state index is 0.0829. The van der Waals surface area contributed by atoms with Crippen molar-refractivity contribution in [3.63, 3.8) is 0 Å². The van der Waals surface area contributed by atoms with Crippen molar-refractivity contribution in [3.8, 4) is 0 Å². The number of nitrogens with one attached hydrogen (secondary N) is 1. The average Bonchev–Trinajstić information content (AvgIpc) is 2.88. The van der Waals surface area contributed by atoms with Gasteiger partial charge in [0.25, 0.3) is 0 Å². The predicted octanol–water partition coefficient (Wildman–Crippen LogP) is 5.73. The van der Waals surface area contributed by atoms with E-state index in [9.17, 15) is 4.79 Å². The molecule has 1 atom stereocenters. The molecule has 4 heterocycles. The lowest BCUT2D eigenvalue weighted by Gasteiger charge is -2.38. The Kier molecular flexibility index (Phi) is 7.21. The molecule has 0 amide bonds. The van der Waals surface area contributed by atoms with E-state index in [0.717, 1.165) is 51.0 Å². The van der Waals surface area contributed by atoms with Crippen molar-refractivity contribution in [3.05, 3.63) is 97.8 Å². The summed E-state index contributed by atoms with van der Waals surface area (Å²) in [6.07, 6.45) is 9.44. The van der Waals surface area contributed by atoms with E-state index in [1.165, 1.54) is 24.0 Å². The summed E-state index contributed by atoms with van der Waals surface area (Å²) in [5.41, 5.74) is 7.46. The summed E-state index contributed by atoms with van der Waals surface area (Å²) in [7, 11) is 1.99. The highest BCUT2D eigenvalue weighted by molar-refractivity contribution is 9.10. The molecule has 0 bridgehead atoms. The number of fused-ring (bicyclic) bond motifs is 1. The van der Waals surface area contributed by atoms with Gasteiger partial charge in [-0.2, -0.15) is 0 Å². The van der Waals surface area contributed by atoms with E-state index in [2.05, 4.69) is 54.3 Å². The number of piperidine rings is 1. The van der Waals surface area contributed by atoms with Crippen LogP contribution in [-0.2, 0) is 20.1 Å². The van der Waals surface area contributed by atoms with Gasteiger partial charge < -0.3 is 14.8 Å². The molecule has 3 aromatic heterocycles. The third kappa shape index (κ3) is 5.08. The SMILES string of the molecule is Cc1ccc(N2CCCCC2c2cnc(C)cc2CNCc2cn(C)c3cc(Br)ccc3c2=O)cn1. The maximum absolute atomic E-state index is 13.1. The number of benzene rings is 1. The number of hydrogen-bond donors (Lipinski definition) is 1. The van der Waals surface area contributed by atoms with Crippen molar-refractivity contribution in [2.75, 3.05) is 11.4 Å². The zero-order valence-electron chi connectivity index (χ0n) is 21.1. The molecule has 1 saturated heterocycles. The van der Waals surface area contributed by atoms with E-state index in [-0.39, 0.29) is 11.5 Å². The quantitative estimate of drug-likeness (QED) is 0.335. The number of hydrogen-bond acceptors (Lipinski definition) is 5. The van der Waals surface area contributed by atoms with E-state index in [4.69, 9.17) is 0 Å². The van der Waals surface area contributed by atoms with Gasteiger partial charge in [0.2, 0.25) is 0 Å². The number of rotatable bonds is 6. The number of anilines is 1. The molecule has 1 aliphatic rings. The van der Waals surface area contributed by atoms with Crippen LogP contribution in [0.2, 0.25) is 0 Å². The van der Waals surface area contributed by atoms with Crippen LogP contribution in [0.15, 0.2) is 64.3 Å². The summed E-state index contributed by atoms with van der Waals surface area (Å²) < 4.78 is 2.99. The molecule has 0 radical (unpaired) electrons. The lowest BCUT2D eigenvalue weighted by atomic mass is 9.92. The number of nitrogens with zero attached hydrogens (tertiary/aromatic N) is 4. The first kappa shape index (κ1) is 24.7. The van der Waals surface area contributed by atoms with Gasteiger partial charge in [0, 0.05) is 65.9 Å². The highest BCUT2D eigenvalue weighted by Gasteiger charge is 2.27. The number of pyridine rings is 3. The standard InChI is InChI=1S/C29H32BrN5O/c1-19-7-9-24(16-32-19)35-11-5-4-6-27(35)26-17-33-20(2)12-21(26)14-31-15-22-18-34(3)28-13-23(30)8-10-25(28)29(22)36/h7-10,12-13,16-18,27,31H,4-6,11,14-15H2,1-3H3. The third-order valence-corrected chi connectivity index (χ3v) is 7.60. The Morgan fingerprint density at radius 1 is 1.00 bits per heavy atom. The highest BCUT2D eigenvalue weighted by Crippen LogP contribution is 2.36. The molecular formula is C29H32BrN5O. The molecule has 186 valence electrons. The second kappa shape index (κ2) is 10.5. The predicted molar refractivity (Wildman–Crippen MR) is 149 cm³/mol. The number of aryl methyl sites for hydroxylation is 3. The van der Waals surface area contributed by atoms with Crippen LogP contribution in [0.1, 0.15) is 53.4 Å². The first-order chi connectivity index (χ1) is 17.4. The molecular weight excluding hydrogens is 514 g/mol. The summed E-state index contributed by atoms with van der Waals surface area (Å²) in [5.74, 6) is 0. The smallest absolute Gasteiger partial charge is 0.193 e. The first-order valence-electron chi connectivity index (χ1n) is 12.5. The fourth-order valence-corrected chi connectivity index (χ4v) is 5.60. The zero-order valence-corrected chi connectivity index (χ0v) is 22.7. The summed E-state index contributed by atoms with van der Waals surface area (Å²) >= 11 is 3.51. The van der Waals surface area contributed by atoms with Gasteiger partial charge in [0.15, 0.2) is 5.43 Å². The topological polar surface area (TPSA) is 63.1 Å². The second-order valence-corrected chi connectivity index (χ2v) is 10.7. The molecule has 5 rings (SSSR count). The maximum Gasteiger partial charge on any atom is 0.193 e. The van der Waals surface area contributed by atoms with Crippen molar-refractivity contribution in [1.29, 1.82) is 0 Å². The van der Waals surface area contributed by atoms with Gasteiger partial charge in [-0.25, -0.2) is 0 Å². The molecule has 1 unspecified atom stereocenters. The van der Waals surface area contributed by atoms with Crippen LogP contribution < -0.4 is 15.6 Å². The van der Waals surface area contributed by atoms with Crippen LogP contribution in [0.25, 0.3) is 10.9 Å². The average molecular weight is 547 g/mol. The van der Waals surface area contributed by atoms with Gasteiger partial charge in [-0.15, -0.1) is 0 Å². The highest BCUT2D eigenvalue weighted by atomic mass is 79.9. The lowest BCUT2D eigenvalue weighted by Crippen LogP contribution is -2.34. The summed E-state index contributed by atoms with van der Waals surface area (Å²) in [6.45, 7) is 6.26. The number of aromatic nitrogens is 3. The van der Waals surface area contributed by atoms with Crippen molar-refractivity contribution in [2.24, 2.45) is 7.05 Å². The van der Waals surface area contributed by atoms with Crippen molar-refractivity contribution < 1.29 is 0 Å². The normalized spacial score (nSPS) is 16.0. The Morgan fingerprint density at radius 2 is 1.81 bits per heavy atom. The van der Waals surface area contributed by atoms with Gasteiger partial charge in [0.1, 0.15) is 0 Å². The van der Waals surface area contributed by atoms with E-state index in [1.807, 2.05) is 62.3 Å². The first-order valence-corrected chi connectivity index (χ1v) is 13.3. The second-order valence-electron chi connectivity index (χ2n) is 9.75. The summed E-state index contributed by atoms with van der Waals surface area (Å²) in [6, 6.07) is 12.5. The van der Waals surface area contributed by atoms with E-state index in [1.54, 1.807) is 0 Å². The molecule has 0 aliphatic carbocycles. The van der Waals surface area contributed by atoms with Crippen LogP contribution in [0, 0.1) is 13.8 Å². The van der Waals surface area contributed by atoms with Gasteiger partial charge in [-0.05, 0) is 80.6 Å². The van der Waals surface area contributed by atoms with Crippen LogP contribution in [0.4, 0.5) is 5.69 Å². The van der Waals surface area contributed by atoms with Gasteiger partial charge >= 0.3 is 0 Å². The van der Waals surface area contributed by atoms with Gasteiger partial charge in [0.05, 0.1) is 23.4 Å². The van der Waals surface area contributed by atoms with E-state index >= 15 is 0 Å². The molecule has 1 N–H and O–H groups in total. The fraction of sp³-hybridized carbons (Fsp3) is 0.345. The Bertz CT molecular complexity index is 1450. The molecule has 0 saturated carbocycles. The fourth-order valence-electron chi connectivity index (χ4n) is 5.26. The molecule has 7 heteroatoms. The Hall–Kier alpha value is -3.03. The van der Waals surface area contributed by atoms with Gasteiger partial charge in [-0.3, -0.25) is 14.8 Å². The van der Waals surface area contributed by atoms with Crippen LogP contribution in [0.5, 0.6) is 0 Å². The van der Waals surface area contributed by atoms with Crippen LogP contribution in [0.3, 0.4) is 0 Å². The van der Waals surface area contributed by atoms with Gasteiger partial charge in [-0.1, -0.05) is 15.9 Å². The lowest BCUT2D eigenvalue weighted by molar-refractivity contribution is 0.468. The number of halogens is 1. The van der Waals surface area contributed by atoms with E-state index in [0.29, 0.717) is 13.1 Å². The molecule has 6 nitrogen and oxygen atoms in total. The molecule has 1 fully saturated rings. The minimum Gasteiger partial charge on any atom is -0.363 e. The Labute approximate surface area is 220 Å². The summed E-state index contributed by atoms with van der Waals surface area (Å²) in [4.78, 5) is 24.8. The summed E-state index contributed by atoms with van der Waals surface area (Å²) in [5, 5.41) is 4.29. The van der Waals surface area contributed by atoms with Crippen molar-refractivity contribution >= 4 is 32.5 Å². The Balaban J connectivity index is 1.39. The Morgan fingerprint density at radius 3 is 2.61 bits per heavy atom. The van der Waals surface area contributed by atoms with Crippen LogP contribution >= 0.6 is 15.9 Å². The molecule has 4 aromatic rings. The van der Waals surface area contributed by atoms with E-state index < -0.39 is 0 Å². The minimum absolute atomic E-state index is 0.0829. The molecule has 1 aliphatic heterocycles. The maximum atomic E-state index is 13.1. The van der Waals surface area contributed by atoms with Crippen molar-refractivity contribution in [2.45, 2.75) is 52.2 Å². The van der Waals surface area contributed by atoms with Crippen molar-refractivity contribution in [1.82, 2.24) is 19.9 Å². The largest absolute Gasteiger partial charge is 0.363 e. The van der Waals surface area contributed by atoms with Crippen LogP contribution in [-0.4, -0.2) is 21.1 Å². The molecule has 0 spiro atoms. The molecule has 36 heavy (non-hydrogen) atoms.